The summed E-state index contributed by atoms with van der Waals surface area (Å²) in [5.74, 6) is 5.70. The maximum atomic E-state index is 5.70. The lowest BCUT2D eigenvalue weighted by atomic mass is 10.0. The van der Waals surface area contributed by atoms with Gasteiger partial charge in [-0.1, -0.05) is 37.3 Å². The Bertz CT molecular complexity index is 536. The van der Waals surface area contributed by atoms with Gasteiger partial charge in [-0.25, -0.2) is 0 Å². The van der Waals surface area contributed by atoms with Crippen LogP contribution in [-0.2, 0) is 19.9 Å². The number of nitrogens with one attached hydrogen (secondary N) is 1. The minimum absolute atomic E-state index is 0.0811. The standard InChI is InChI=1S/C14H19BrN4/c1-3-11-14(15)13(19(2)18-11)9-12(17-16)10-7-5-4-6-8-10/h4-8,12,17H,3,9,16H2,1-2H3. The van der Waals surface area contributed by atoms with Crippen LogP contribution in [0.5, 0.6) is 0 Å². The number of nitrogens with two attached hydrogens (primary N) is 1. The second kappa shape index (κ2) is 6.32. The van der Waals surface area contributed by atoms with Gasteiger partial charge in [0.15, 0.2) is 0 Å². The van der Waals surface area contributed by atoms with Gasteiger partial charge < -0.3 is 0 Å². The molecule has 0 fully saturated rings. The molecule has 0 radical (unpaired) electrons. The lowest BCUT2D eigenvalue weighted by molar-refractivity contribution is 0.529. The van der Waals surface area contributed by atoms with E-state index in [1.54, 1.807) is 0 Å². The molecule has 0 aliphatic rings. The largest absolute Gasteiger partial charge is 0.271 e. The van der Waals surface area contributed by atoms with E-state index in [4.69, 9.17) is 5.84 Å². The molecule has 19 heavy (non-hydrogen) atoms. The molecule has 2 aromatic rings. The van der Waals surface area contributed by atoms with Crippen LogP contribution in [0, 0.1) is 0 Å². The number of hydrogen-bond donors (Lipinski definition) is 2. The van der Waals surface area contributed by atoms with E-state index in [0.29, 0.717) is 0 Å². The van der Waals surface area contributed by atoms with Crippen molar-refractivity contribution in [3.63, 3.8) is 0 Å². The number of aromatic nitrogens is 2. The number of nitrogens with zero attached hydrogens (tertiary/aromatic N) is 2. The van der Waals surface area contributed by atoms with Crippen LogP contribution >= 0.6 is 15.9 Å². The van der Waals surface area contributed by atoms with Crippen molar-refractivity contribution in [1.29, 1.82) is 0 Å². The van der Waals surface area contributed by atoms with Crippen LogP contribution in [0.2, 0.25) is 0 Å². The zero-order chi connectivity index (χ0) is 13.8. The van der Waals surface area contributed by atoms with Crippen molar-refractivity contribution in [2.45, 2.75) is 25.8 Å². The molecule has 102 valence electrons. The quantitative estimate of drug-likeness (QED) is 0.657. The molecule has 0 amide bonds. The first-order valence-corrected chi connectivity index (χ1v) is 7.18. The summed E-state index contributed by atoms with van der Waals surface area (Å²) in [6, 6.07) is 10.3. The molecule has 0 spiro atoms. The number of aryl methyl sites for hydroxylation is 2. The first kappa shape index (κ1) is 14.2. The van der Waals surface area contributed by atoms with Crippen LogP contribution in [0.4, 0.5) is 0 Å². The molecule has 0 saturated heterocycles. The Morgan fingerprint density at radius 2 is 2.05 bits per heavy atom. The van der Waals surface area contributed by atoms with Crippen molar-refractivity contribution >= 4 is 15.9 Å². The first-order valence-electron chi connectivity index (χ1n) is 6.38. The third-order valence-corrected chi connectivity index (χ3v) is 4.22. The highest BCUT2D eigenvalue weighted by Gasteiger charge is 2.18. The smallest absolute Gasteiger partial charge is 0.0766 e. The molecule has 0 bridgehead atoms. The van der Waals surface area contributed by atoms with Crippen molar-refractivity contribution in [2.24, 2.45) is 12.9 Å². The highest BCUT2D eigenvalue weighted by atomic mass is 79.9. The Hall–Kier alpha value is -1.17. The monoisotopic (exact) mass is 322 g/mol. The first-order chi connectivity index (χ1) is 9.17. The van der Waals surface area contributed by atoms with E-state index in [2.05, 4.69) is 45.5 Å². The number of hydrazine groups is 1. The molecule has 2 rings (SSSR count). The molecule has 5 heteroatoms. The fraction of sp³-hybridized carbons (Fsp3) is 0.357. The van der Waals surface area contributed by atoms with Gasteiger partial charge in [-0.15, -0.1) is 0 Å². The molecule has 1 atom stereocenters. The van der Waals surface area contributed by atoms with E-state index in [0.717, 1.165) is 28.7 Å². The highest BCUT2D eigenvalue weighted by molar-refractivity contribution is 9.10. The Balaban J connectivity index is 2.26. The Morgan fingerprint density at radius 1 is 1.37 bits per heavy atom. The van der Waals surface area contributed by atoms with E-state index < -0.39 is 0 Å². The molecule has 1 unspecified atom stereocenters. The Morgan fingerprint density at radius 3 is 2.58 bits per heavy atom. The molecular formula is C14H19BrN4. The van der Waals surface area contributed by atoms with Crippen LogP contribution in [0.25, 0.3) is 0 Å². The average Bonchev–Trinajstić information content (AvgIpc) is 2.72. The van der Waals surface area contributed by atoms with E-state index in [1.807, 2.05) is 29.9 Å². The van der Waals surface area contributed by atoms with Gasteiger partial charge in [0.2, 0.25) is 0 Å². The maximum Gasteiger partial charge on any atom is 0.0766 e. The van der Waals surface area contributed by atoms with Crippen molar-refractivity contribution in [2.75, 3.05) is 0 Å². The lowest BCUT2D eigenvalue weighted by Crippen LogP contribution is -2.30. The van der Waals surface area contributed by atoms with Crippen molar-refractivity contribution in [3.8, 4) is 0 Å². The van der Waals surface area contributed by atoms with Crippen LogP contribution in [0.15, 0.2) is 34.8 Å². The van der Waals surface area contributed by atoms with Crippen molar-refractivity contribution in [3.05, 3.63) is 51.8 Å². The van der Waals surface area contributed by atoms with Crippen molar-refractivity contribution in [1.82, 2.24) is 15.2 Å². The highest BCUT2D eigenvalue weighted by Crippen LogP contribution is 2.26. The molecule has 1 aromatic heterocycles. The van der Waals surface area contributed by atoms with Gasteiger partial charge in [-0.05, 0) is 27.9 Å². The van der Waals surface area contributed by atoms with Crippen LogP contribution in [-0.4, -0.2) is 9.78 Å². The lowest BCUT2D eigenvalue weighted by Gasteiger charge is -2.16. The third-order valence-electron chi connectivity index (χ3n) is 3.30. The summed E-state index contributed by atoms with van der Waals surface area (Å²) < 4.78 is 3.02. The molecule has 1 aromatic carbocycles. The third kappa shape index (κ3) is 3.05. The Kier molecular flexibility index (Phi) is 4.74. The summed E-state index contributed by atoms with van der Waals surface area (Å²) >= 11 is 3.64. The number of halogens is 1. The summed E-state index contributed by atoms with van der Waals surface area (Å²) in [6.45, 7) is 2.10. The molecule has 0 saturated carbocycles. The van der Waals surface area contributed by atoms with Crippen LogP contribution in [0.3, 0.4) is 0 Å². The molecule has 4 nitrogen and oxygen atoms in total. The minimum Gasteiger partial charge on any atom is -0.271 e. The van der Waals surface area contributed by atoms with Crippen LogP contribution in [0.1, 0.15) is 29.9 Å². The molecule has 0 aliphatic carbocycles. The number of benzene rings is 1. The summed E-state index contributed by atoms with van der Waals surface area (Å²) in [4.78, 5) is 0. The molecule has 3 N–H and O–H groups in total. The zero-order valence-electron chi connectivity index (χ0n) is 11.2. The van der Waals surface area contributed by atoms with Gasteiger partial charge in [0.25, 0.3) is 0 Å². The van der Waals surface area contributed by atoms with Gasteiger partial charge in [0.1, 0.15) is 0 Å². The summed E-state index contributed by atoms with van der Waals surface area (Å²) in [6.07, 6.45) is 1.71. The van der Waals surface area contributed by atoms with Gasteiger partial charge in [-0.2, -0.15) is 5.10 Å². The number of rotatable bonds is 5. The minimum atomic E-state index is 0.0811. The van der Waals surface area contributed by atoms with E-state index in [9.17, 15) is 0 Å². The Labute approximate surface area is 122 Å². The number of hydrogen-bond acceptors (Lipinski definition) is 3. The summed E-state index contributed by atoms with van der Waals surface area (Å²) in [7, 11) is 1.97. The van der Waals surface area contributed by atoms with Crippen LogP contribution < -0.4 is 11.3 Å². The van der Waals surface area contributed by atoms with Gasteiger partial charge >= 0.3 is 0 Å². The SMILES string of the molecule is CCc1nn(C)c(CC(NN)c2ccccc2)c1Br. The van der Waals surface area contributed by atoms with E-state index in [-0.39, 0.29) is 6.04 Å². The molecular weight excluding hydrogens is 304 g/mol. The predicted octanol–water partition coefficient (Wildman–Crippen LogP) is 2.49. The fourth-order valence-electron chi connectivity index (χ4n) is 2.19. The summed E-state index contributed by atoms with van der Waals surface area (Å²) in [5, 5.41) is 4.51. The second-order valence-electron chi connectivity index (χ2n) is 4.52. The van der Waals surface area contributed by atoms with E-state index >= 15 is 0 Å². The van der Waals surface area contributed by atoms with E-state index in [1.165, 1.54) is 5.56 Å². The predicted molar refractivity (Wildman–Crippen MR) is 80.5 cm³/mol. The van der Waals surface area contributed by atoms with Gasteiger partial charge in [0.05, 0.1) is 21.9 Å². The average molecular weight is 323 g/mol. The summed E-state index contributed by atoms with van der Waals surface area (Å²) in [5.41, 5.74) is 6.30. The normalized spacial score (nSPS) is 12.6. The second-order valence-corrected chi connectivity index (χ2v) is 5.31. The maximum absolute atomic E-state index is 5.70. The topological polar surface area (TPSA) is 55.9 Å². The zero-order valence-corrected chi connectivity index (χ0v) is 12.8. The molecule has 0 aliphatic heterocycles. The van der Waals surface area contributed by atoms with Gasteiger partial charge in [-0.3, -0.25) is 16.0 Å². The van der Waals surface area contributed by atoms with Gasteiger partial charge in [0, 0.05) is 13.5 Å². The fourth-order valence-corrected chi connectivity index (χ4v) is 2.97. The molecule has 1 heterocycles. The van der Waals surface area contributed by atoms with Crippen molar-refractivity contribution < 1.29 is 0 Å².